The Morgan fingerprint density at radius 2 is 2.00 bits per heavy atom. The fourth-order valence-electron chi connectivity index (χ4n) is 2.13. The standard InChI is InChI=1S/C12H22N2O4/c1-2-6-14(7-8-15)11(18)13-9-12(10(16)17)4-3-5-12/h15H,2-9H2,1H3,(H,13,18)(H,16,17). The summed E-state index contributed by atoms with van der Waals surface area (Å²) in [6, 6.07) is -0.293. The Morgan fingerprint density at radius 3 is 2.39 bits per heavy atom. The summed E-state index contributed by atoms with van der Waals surface area (Å²) < 4.78 is 0. The minimum atomic E-state index is -0.835. The zero-order valence-corrected chi connectivity index (χ0v) is 10.8. The van der Waals surface area contributed by atoms with Gasteiger partial charge in [0, 0.05) is 19.6 Å². The number of nitrogens with zero attached hydrogens (tertiary/aromatic N) is 1. The molecule has 0 spiro atoms. The zero-order valence-electron chi connectivity index (χ0n) is 10.8. The van der Waals surface area contributed by atoms with Crippen LogP contribution in [-0.4, -0.2) is 53.4 Å². The van der Waals surface area contributed by atoms with Crippen LogP contribution in [0.15, 0.2) is 0 Å². The molecule has 0 saturated heterocycles. The number of aliphatic hydroxyl groups is 1. The smallest absolute Gasteiger partial charge is 0.317 e. The third kappa shape index (κ3) is 3.35. The summed E-state index contributed by atoms with van der Waals surface area (Å²) in [4.78, 5) is 24.5. The maximum absolute atomic E-state index is 11.8. The molecular weight excluding hydrogens is 236 g/mol. The number of urea groups is 1. The van der Waals surface area contributed by atoms with Crippen LogP contribution in [0.3, 0.4) is 0 Å². The van der Waals surface area contributed by atoms with Gasteiger partial charge in [-0.1, -0.05) is 13.3 Å². The van der Waals surface area contributed by atoms with Crippen LogP contribution in [0.2, 0.25) is 0 Å². The summed E-state index contributed by atoms with van der Waals surface area (Å²) in [5.41, 5.74) is -0.771. The Balaban J connectivity index is 2.45. The maximum Gasteiger partial charge on any atom is 0.317 e. The second-order valence-corrected chi connectivity index (χ2v) is 4.81. The van der Waals surface area contributed by atoms with Crippen molar-refractivity contribution < 1.29 is 19.8 Å². The van der Waals surface area contributed by atoms with Gasteiger partial charge in [0.15, 0.2) is 0 Å². The Kier molecular flexibility index (Phi) is 5.40. The lowest BCUT2D eigenvalue weighted by molar-refractivity contribution is -0.153. The van der Waals surface area contributed by atoms with E-state index in [1.165, 1.54) is 4.90 Å². The normalized spacial score (nSPS) is 16.8. The highest BCUT2D eigenvalue weighted by Crippen LogP contribution is 2.40. The number of hydrogen-bond acceptors (Lipinski definition) is 3. The largest absolute Gasteiger partial charge is 0.481 e. The quantitative estimate of drug-likeness (QED) is 0.625. The van der Waals surface area contributed by atoms with E-state index in [0.717, 1.165) is 12.8 Å². The van der Waals surface area contributed by atoms with Crippen LogP contribution in [-0.2, 0) is 4.79 Å². The summed E-state index contributed by atoms with van der Waals surface area (Å²) in [6.07, 6.45) is 2.95. The fourth-order valence-corrected chi connectivity index (χ4v) is 2.13. The molecule has 0 radical (unpaired) electrons. The minimum absolute atomic E-state index is 0.0858. The number of carboxylic acids is 1. The Morgan fingerprint density at radius 1 is 1.33 bits per heavy atom. The van der Waals surface area contributed by atoms with Gasteiger partial charge in [-0.15, -0.1) is 0 Å². The molecule has 0 atom stereocenters. The predicted molar refractivity (Wildman–Crippen MR) is 66.3 cm³/mol. The number of carbonyl (C=O) groups excluding carboxylic acids is 1. The van der Waals surface area contributed by atoms with Crippen LogP contribution >= 0.6 is 0 Å². The third-order valence-electron chi connectivity index (χ3n) is 3.49. The second kappa shape index (κ2) is 6.58. The van der Waals surface area contributed by atoms with Gasteiger partial charge in [0.1, 0.15) is 0 Å². The van der Waals surface area contributed by atoms with Crippen LogP contribution in [0, 0.1) is 5.41 Å². The van der Waals surface area contributed by atoms with Crippen molar-refractivity contribution in [2.75, 3.05) is 26.2 Å². The second-order valence-electron chi connectivity index (χ2n) is 4.81. The van der Waals surface area contributed by atoms with Gasteiger partial charge in [-0.3, -0.25) is 4.79 Å². The van der Waals surface area contributed by atoms with E-state index in [4.69, 9.17) is 10.2 Å². The first kappa shape index (κ1) is 14.8. The lowest BCUT2D eigenvalue weighted by Gasteiger charge is -2.38. The van der Waals surface area contributed by atoms with Crippen molar-refractivity contribution in [2.45, 2.75) is 32.6 Å². The number of rotatable bonds is 7. The third-order valence-corrected chi connectivity index (χ3v) is 3.49. The first-order valence-electron chi connectivity index (χ1n) is 6.43. The first-order chi connectivity index (χ1) is 8.55. The highest BCUT2D eigenvalue weighted by atomic mass is 16.4. The lowest BCUT2D eigenvalue weighted by atomic mass is 9.69. The van der Waals surface area contributed by atoms with Gasteiger partial charge in [-0.2, -0.15) is 0 Å². The SMILES string of the molecule is CCCN(CCO)C(=O)NCC1(C(=O)O)CCC1. The van der Waals surface area contributed by atoms with E-state index in [1.54, 1.807) is 0 Å². The summed E-state index contributed by atoms with van der Waals surface area (Å²) in [5.74, 6) is -0.835. The Bertz CT molecular complexity index is 296. The molecule has 2 amide bonds. The zero-order chi connectivity index (χ0) is 13.6. The van der Waals surface area contributed by atoms with Crippen molar-refractivity contribution in [1.82, 2.24) is 10.2 Å². The molecule has 0 heterocycles. The first-order valence-corrected chi connectivity index (χ1v) is 6.43. The van der Waals surface area contributed by atoms with Crippen molar-refractivity contribution in [2.24, 2.45) is 5.41 Å². The highest BCUT2D eigenvalue weighted by Gasteiger charge is 2.44. The Labute approximate surface area is 107 Å². The predicted octanol–water partition coefficient (Wildman–Crippen LogP) is 0.655. The molecular formula is C12H22N2O4. The minimum Gasteiger partial charge on any atom is -0.481 e. The number of nitrogens with one attached hydrogen (secondary N) is 1. The van der Waals surface area contributed by atoms with Crippen molar-refractivity contribution in [3.63, 3.8) is 0 Å². The van der Waals surface area contributed by atoms with Gasteiger partial charge >= 0.3 is 12.0 Å². The van der Waals surface area contributed by atoms with E-state index in [9.17, 15) is 9.59 Å². The lowest BCUT2D eigenvalue weighted by Crippen LogP contribution is -2.51. The van der Waals surface area contributed by atoms with Gasteiger partial charge in [-0.05, 0) is 19.3 Å². The van der Waals surface area contributed by atoms with Gasteiger partial charge in [0.05, 0.1) is 12.0 Å². The fraction of sp³-hybridized carbons (Fsp3) is 0.833. The number of aliphatic hydroxyl groups excluding tert-OH is 1. The van der Waals surface area contributed by atoms with Crippen LogP contribution in [0.25, 0.3) is 0 Å². The van der Waals surface area contributed by atoms with Crippen LogP contribution < -0.4 is 5.32 Å². The van der Waals surface area contributed by atoms with Crippen LogP contribution in [0.5, 0.6) is 0 Å². The van der Waals surface area contributed by atoms with Gasteiger partial charge in [0.2, 0.25) is 0 Å². The molecule has 0 unspecified atom stereocenters. The number of amides is 2. The summed E-state index contributed by atoms with van der Waals surface area (Å²) in [7, 11) is 0. The summed E-state index contributed by atoms with van der Waals surface area (Å²) in [6.45, 7) is 2.87. The Hall–Kier alpha value is -1.30. The summed E-state index contributed by atoms with van der Waals surface area (Å²) >= 11 is 0. The van der Waals surface area contributed by atoms with E-state index < -0.39 is 11.4 Å². The van der Waals surface area contributed by atoms with E-state index in [2.05, 4.69) is 5.32 Å². The van der Waals surface area contributed by atoms with Crippen molar-refractivity contribution in [3.8, 4) is 0 Å². The molecule has 0 bridgehead atoms. The molecule has 6 heteroatoms. The number of carbonyl (C=O) groups is 2. The van der Waals surface area contributed by atoms with Crippen molar-refractivity contribution in [1.29, 1.82) is 0 Å². The van der Waals surface area contributed by atoms with E-state index in [1.807, 2.05) is 6.92 Å². The number of hydrogen-bond donors (Lipinski definition) is 3. The number of aliphatic carboxylic acids is 1. The van der Waals surface area contributed by atoms with E-state index in [0.29, 0.717) is 19.4 Å². The maximum atomic E-state index is 11.8. The molecule has 0 aromatic heterocycles. The summed E-state index contributed by atoms with van der Waals surface area (Å²) in [5, 5.41) is 20.7. The molecule has 1 aliphatic carbocycles. The molecule has 18 heavy (non-hydrogen) atoms. The average molecular weight is 258 g/mol. The molecule has 3 N–H and O–H groups in total. The monoisotopic (exact) mass is 258 g/mol. The molecule has 0 aliphatic heterocycles. The molecule has 0 aromatic rings. The van der Waals surface area contributed by atoms with Crippen LogP contribution in [0.1, 0.15) is 32.6 Å². The van der Waals surface area contributed by atoms with Crippen molar-refractivity contribution in [3.05, 3.63) is 0 Å². The number of carboxylic acid groups (broad SMARTS) is 1. The van der Waals surface area contributed by atoms with E-state index >= 15 is 0 Å². The molecule has 1 aliphatic rings. The molecule has 6 nitrogen and oxygen atoms in total. The topological polar surface area (TPSA) is 89.9 Å². The molecule has 1 rings (SSSR count). The van der Waals surface area contributed by atoms with E-state index in [-0.39, 0.29) is 25.7 Å². The average Bonchev–Trinajstić information content (AvgIpc) is 2.26. The van der Waals surface area contributed by atoms with Crippen molar-refractivity contribution >= 4 is 12.0 Å². The molecule has 0 aromatic carbocycles. The van der Waals surface area contributed by atoms with Gasteiger partial charge < -0.3 is 20.4 Å². The van der Waals surface area contributed by atoms with Crippen LogP contribution in [0.4, 0.5) is 4.79 Å². The highest BCUT2D eigenvalue weighted by molar-refractivity contribution is 5.78. The van der Waals surface area contributed by atoms with Gasteiger partial charge in [0.25, 0.3) is 0 Å². The molecule has 1 saturated carbocycles. The molecule has 104 valence electrons. The van der Waals surface area contributed by atoms with Gasteiger partial charge in [-0.25, -0.2) is 4.79 Å². The molecule has 1 fully saturated rings.